The number of amides is 1. The minimum Gasteiger partial charge on any atom is -0.395 e. The second-order valence-electron chi connectivity index (χ2n) is 3.96. The summed E-state index contributed by atoms with van der Waals surface area (Å²) in [6.07, 6.45) is 0. The van der Waals surface area contributed by atoms with Crippen molar-refractivity contribution in [2.75, 3.05) is 31.6 Å². The lowest BCUT2D eigenvalue weighted by molar-refractivity contribution is -0.117. The summed E-state index contributed by atoms with van der Waals surface area (Å²) in [6, 6.07) is 7.68. The molecule has 0 atom stereocenters. The van der Waals surface area contributed by atoms with Crippen LogP contribution in [0.25, 0.3) is 0 Å². The molecule has 17 heavy (non-hydrogen) atoms. The Morgan fingerprint density at radius 1 is 1.41 bits per heavy atom. The highest BCUT2D eigenvalue weighted by atomic mass is 16.3. The number of aliphatic hydroxyl groups excluding tert-OH is 1. The average molecular weight is 236 g/mol. The van der Waals surface area contributed by atoms with E-state index < -0.39 is 0 Å². The maximum atomic E-state index is 11.8. The van der Waals surface area contributed by atoms with Gasteiger partial charge in [-0.2, -0.15) is 0 Å². The van der Waals surface area contributed by atoms with E-state index in [-0.39, 0.29) is 12.5 Å². The van der Waals surface area contributed by atoms with Gasteiger partial charge >= 0.3 is 0 Å². The number of aliphatic hydroxyl groups is 1. The van der Waals surface area contributed by atoms with Crippen LogP contribution in [0.1, 0.15) is 12.5 Å². The smallest absolute Gasteiger partial charge is 0.238 e. The summed E-state index contributed by atoms with van der Waals surface area (Å²) in [5.41, 5.74) is 1.89. The minimum atomic E-state index is -0.0467. The molecule has 0 aliphatic carbocycles. The second-order valence-corrected chi connectivity index (χ2v) is 3.96. The Balaban J connectivity index is 2.52. The first-order chi connectivity index (χ1) is 8.17. The number of carbonyl (C=O) groups is 1. The number of aryl methyl sites for hydroxylation is 1. The van der Waals surface area contributed by atoms with Crippen molar-refractivity contribution in [3.05, 3.63) is 29.8 Å². The summed E-state index contributed by atoms with van der Waals surface area (Å²) < 4.78 is 0. The third-order valence-corrected chi connectivity index (χ3v) is 2.65. The number of nitrogens with zero attached hydrogens (tertiary/aromatic N) is 1. The molecular formula is C13H20N2O2. The summed E-state index contributed by atoms with van der Waals surface area (Å²) in [5.74, 6) is -0.0467. The Bertz CT molecular complexity index is 366. The van der Waals surface area contributed by atoms with Crippen molar-refractivity contribution in [1.82, 2.24) is 4.90 Å². The lowest BCUT2D eigenvalue weighted by Crippen LogP contribution is -2.35. The molecule has 1 rings (SSSR count). The summed E-state index contributed by atoms with van der Waals surface area (Å²) in [5, 5.41) is 11.7. The molecule has 1 aromatic carbocycles. The van der Waals surface area contributed by atoms with Gasteiger partial charge in [0.2, 0.25) is 5.91 Å². The molecule has 0 radical (unpaired) electrons. The highest BCUT2D eigenvalue weighted by molar-refractivity contribution is 5.92. The van der Waals surface area contributed by atoms with Gasteiger partial charge in [-0.05, 0) is 25.1 Å². The quantitative estimate of drug-likeness (QED) is 0.781. The van der Waals surface area contributed by atoms with Crippen LogP contribution >= 0.6 is 0 Å². The van der Waals surface area contributed by atoms with Crippen molar-refractivity contribution < 1.29 is 9.90 Å². The fraction of sp³-hybridized carbons (Fsp3) is 0.462. The van der Waals surface area contributed by atoms with Crippen molar-refractivity contribution in [2.24, 2.45) is 0 Å². The molecular weight excluding hydrogens is 216 g/mol. The van der Waals surface area contributed by atoms with Crippen LogP contribution in [-0.4, -0.2) is 42.2 Å². The average Bonchev–Trinajstić information content (AvgIpc) is 2.31. The molecule has 0 unspecified atom stereocenters. The Morgan fingerprint density at radius 2 is 2.12 bits per heavy atom. The summed E-state index contributed by atoms with van der Waals surface area (Å²) in [7, 11) is 0. The topological polar surface area (TPSA) is 52.6 Å². The van der Waals surface area contributed by atoms with Crippen LogP contribution in [0.5, 0.6) is 0 Å². The van der Waals surface area contributed by atoms with Crippen molar-refractivity contribution in [1.29, 1.82) is 0 Å². The molecule has 0 aliphatic heterocycles. The van der Waals surface area contributed by atoms with E-state index in [4.69, 9.17) is 5.11 Å². The van der Waals surface area contributed by atoms with Gasteiger partial charge in [0.05, 0.1) is 13.2 Å². The van der Waals surface area contributed by atoms with Gasteiger partial charge in [-0.15, -0.1) is 0 Å². The van der Waals surface area contributed by atoms with Gasteiger partial charge in [0.25, 0.3) is 0 Å². The molecule has 0 aliphatic rings. The largest absolute Gasteiger partial charge is 0.395 e. The number of para-hydroxylation sites is 1. The number of hydrogen-bond donors (Lipinski definition) is 2. The number of nitrogens with one attached hydrogen (secondary N) is 1. The lowest BCUT2D eigenvalue weighted by atomic mass is 10.2. The van der Waals surface area contributed by atoms with Gasteiger partial charge in [-0.25, -0.2) is 0 Å². The molecule has 0 aromatic heterocycles. The van der Waals surface area contributed by atoms with Gasteiger partial charge in [-0.3, -0.25) is 9.69 Å². The third kappa shape index (κ3) is 4.54. The van der Waals surface area contributed by atoms with Crippen LogP contribution in [0.4, 0.5) is 5.69 Å². The highest BCUT2D eigenvalue weighted by Gasteiger charge is 2.09. The van der Waals surface area contributed by atoms with Crippen LogP contribution in [0.3, 0.4) is 0 Å². The van der Waals surface area contributed by atoms with Crippen LogP contribution in [0.15, 0.2) is 24.3 Å². The number of benzene rings is 1. The van der Waals surface area contributed by atoms with Gasteiger partial charge in [-0.1, -0.05) is 25.1 Å². The van der Waals surface area contributed by atoms with Crippen molar-refractivity contribution in [3.63, 3.8) is 0 Å². The van der Waals surface area contributed by atoms with Gasteiger partial charge in [0.15, 0.2) is 0 Å². The van der Waals surface area contributed by atoms with Crippen molar-refractivity contribution in [2.45, 2.75) is 13.8 Å². The summed E-state index contributed by atoms with van der Waals surface area (Å²) >= 11 is 0. The first kappa shape index (κ1) is 13.7. The van der Waals surface area contributed by atoms with Crippen LogP contribution in [-0.2, 0) is 4.79 Å². The van der Waals surface area contributed by atoms with Crippen LogP contribution < -0.4 is 5.32 Å². The monoisotopic (exact) mass is 236 g/mol. The standard InChI is InChI=1S/C13H20N2O2/c1-3-15(8-9-16)10-13(17)14-12-7-5-4-6-11(12)2/h4-7,16H,3,8-10H2,1-2H3,(H,14,17). The van der Waals surface area contributed by atoms with Gasteiger partial charge in [0.1, 0.15) is 0 Å². The molecule has 1 amide bonds. The van der Waals surface area contributed by atoms with E-state index in [1.54, 1.807) is 0 Å². The SMILES string of the molecule is CCN(CCO)CC(=O)Nc1ccccc1C. The number of anilines is 1. The molecule has 0 saturated carbocycles. The van der Waals surface area contributed by atoms with Gasteiger partial charge < -0.3 is 10.4 Å². The predicted molar refractivity (Wildman–Crippen MR) is 69.0 cm³/mol. The van der Waals surface area contributed by atoms with Crippen molar-refractivity contribution >= 4 is 11.6 Å². The molecule has 1 aromatic rings. The van der Waals surface area contributed by atoms with Crippen LogP contribution in [0.2, 0.25) is 0 Å². The van der Waals surface area contributed by atoms with E-state index in [0.29, 0.717) is 13.1 Å². The van der Waals surface area contributed by atoms with Crippen molar-refractivity contribution in [3.8, 4) is 0 Å². The Kier molecular flexibility index (Phi) is 5.66. The van der Waals surface area contributed by atoms with Gasteiger partial charge in [0, 0.05) is 12.2 Å². The fourth-order valence-electron chi connectivity index (χ4n) is 1.60. The van der Waals surface area contributed by atoms with Crippen LogP contribution in [0, 0.1) is 6.92 Å². The lowest BCUT2D eigenvalue weighted by Gasteiger charge is -2.18. The van der Waals surface area contributed by atoms with E-state index in [0.717, 1.165) is 17.8 Å². The first-order valence-electron chi connectivity index (χ1n) is 5.86. The zero-order valence-corrected chi connectivity index (χ0v) is 10.4. The summed E-state index contributed by atoms with van der Waals surface area (Å²) in [6.45, 7) is 5.59. The molecule has 4 nitrogen and oxygen atoms in total. The third-order valence-electron chi connectivity index (χ3n) is 2.65. The van der Waals surface area contributed by atoms with E-state index in [9.17, 15) is 4.79 Å². The minimum absolute atomic E-state index is 0.0467. The molecule has 2 N–H and O–H groups in total. The number of carbonyl (C=O) groups excluding carboxylic acids is 1. The predicted octanol–water partition coefficient (Wildman–Crippen LogP) is 1.25. The molecule has 94 valence electrons. The zero-order chi connectivity index (χ0) is 12.7. The molecule has 0 fully saturated rings. The molecule has 0 heterocycles. The van der Waals surface area contributed by atoms with E-state index >= 15 is 0 Å². The highest BCUT2D eigenvalue weighted by Crippen LogP contribution is 2.12. The normalized spacial score (nSPS) is 10.6. The number of likely N-dealkylation sites (N-methyl/N-ethyl adjacent to an activating group) is 1. The van der Waals surface area contributed by atoms with E-state index in [2.05, 4.69) is 5.32 Å². The second kappa shape index (κ2) is 7.04. The molecule has 4 heteroatoms. The Hall–Kier alpha value is -1.39. The number of rotatable bonds is 6. The molecule has 0 spiro atoms. The fourth-order valence-corrected chi connectivity index (χ4v) is 1.60. The zero-order valence-electron chi connectivity index (χ0n) is 10.4. The Labute approximate surface area is 102 Å². The maximum Gasteiger partial charge on any atom is 0.238 e. The summed E-state index contributed by atoms with van der Waals surface area (Å²) in [4.78, 5) is 13.7. The molecule has 0 bridgehead atoms. The first-order valence-corrected chi connectivity index (χ1v) is 5.86. The van der Waals surface area contributed by atoms with E-state index in [1.165, 1.54) is 0 Å². The van der Waals surface area contributed by atoms with E-state index in [1.807, 2.05) is 43.0 Å². The Morgan fingerprint density at radius 3 is 2.71 bits per heavy atom. The molecule has 0 saturated heterocycles. The number of hydrogen-bond acceptors (Lipinski definition) is 3. The maximum absolute atomic E-state index is 11.8.